The highest BCUT2D eigenvalue weighted by Gasteiger charge is 2.24. The number of esters is 1. The highest BCUT2D eigenvalue weighted by atomic mass is 16.5. The highest BCUT2D eigenvalue weighted by Crippen LogP contribution is 2.32. The van der Waals surface area contributed by atoms with Gasteiger partial charge in [-0.15, -0.1) is 0 Å². The zero-order valence-corrected chi connectivity index (χ0v) is 17.1. The Bertz CT molecular complexity index is 1070. The minimum absolute atomic E-state index is 0.0310. The Balaban J connectivity index is 2.25. The molecule has 0 saturated heterocycles. The van der Waals surface area contributed by atoms with Gasteiger partial charge in [-0.3, -0.25) is 9.59 Å². The topological polar surface area (TPSA) is 56.5 Å². The van der Waals surface area contributed by atoms with Crippen molar-refractivity contribution in [2.45, 2.75) is 47.5 Å². The van der Waals surface area contributed by atoms with Crippen LogP contribution in [0.1, 0.15) is 43.4 Å². The van der Waals surface area contributed by atoms with E-state index < -0.39 is 5.97 Å². The van der Waals surface area contributed by atoms with Crippen molar-refractivity contribution in [2.24, 2.45) is 5.92 Å². The number of fused-ring (bicyclic) bond motifs is 1. The largest absolute Gasteiger partial charge is 0.452 e. The van der Waals surface area contributed by atoms with Crippen molar-refractivity contribution >= 4 is 16.9 Å². The molecule has 2 aromatic carbocycles. The summed E-state index contributed by atoms with van der Waals surface area (Å²) in [6.07, 6.45) is 1.32. The normalized spacial score (nSPS) is 11.2. The summed E-state index contributed by atoms with van der Waals surface area (Å²) >= 11 is 0. The van der Waals surface area contributed by atoms with E-state index in [1.807, 2.05) is 65.0 Å². The number of aryl methyl sites for hydroxylation is 3. The van der Waals surface area contributed by atoms with E-state index >= 15 is 0 Å². The minimum atomic E-state index is -0.395. The lowest BCUT2D eigenvalue weighted by Crippen LogP contribution is -2.23. The van der Waals surface area contributed by atoms with Gasteiger partial charge in [0.1, 0.15) is 5.58 Å². The van der Waals surface area contributed by atoms with Crippen LogP contribution in [0.4, 0.5) is 0 Å². The van der Waals surface area contributed by atoms with Gasteiger partial charge in [0.2, 0.25) is 11.2 Å². The average molecular weight is 378 g/mol. The van der Waals surface area contributed by atoms with Gasteiger partial charge in [0.05, 0.1) is 11.3 Å². The van der Waals surface area contributed by atoms with E-state index in [2.05, 4.69) is 0 Å². The maximum Gasteiger partial charge on any atom is 0.314 e. The third-order valence-corrected chi connectivity index (χ3v) is 5.30. The number of ether oxygens (including phenoxy) is 1. The van der Waals surface area contributed by atoms with Gasteiger partial charge in [-0.05, 0) is 56.9 Å². The van der Waals surface area contributed by atoms with Crippen LogP contribution >= 0.6 is 0 Å². The fraction of sp³-hybridized carbons (Fsp3) is 0.333. The second-order valence-corrected chi connectivity index (χ2v) is 7.32. The second kappa shape index (κ2) is 8.01. The molecule has 0 N–H and O–H groups in total. The lowest BCUT2D eigenvalue weighted by atomic mass is 10.0. The second-order valence-electron chi connectivity index (χ2n) is 7.32. The first-order valence-electron chi connectivity index (χ1n) is 9.72. The van der Waals surface area contributed by atoms with E-state index in [1.54, 1.807) is 6.07 Å². The first-order valence-corrected chi connectivity index (χ1v) is 9.72. The maximum atomic E-state index is 13.3. The maximum absolute atomic E-state index is 13.3. The molecule has 0 aliphatic carbocycles. The van der Waals surface area contributed by atoms with Crippen LogP contribution in [0.3, 0.4) is 0 Å². The summed E-state index contributed by atoms with van der Waals surface area (Å²) in [4.78, 5) is 25.9. The monoisotopic (exact) mass is 378 g/mol. The first kappa shape index (κ1) is 19.9. The molecule has 0 amide bonds. The van der Waals surface area contributed by atoms with Crippen molar-refractivity contribution < 1.29 is 13.9 Å². The molecular formula is C24H26O4. The summed E-state index contributed by atoms with van der Waals surface area (Å²) in [5, 5.41) is 0.423. The molecule has 0 unspecified atom stereocenters. The van der Waals surface area contributed by atoms with Crippen molar-refractivity contribution in [3.63, 3.8) is 0 Å². The summed E-state index contributed by atoms with van der Waals surface area (Å²) in [7, 11) is 0. The minimum Gasteiger partial charge on any atom is -0.452 e. The molecule has 0 radical (unpaired) electrons. The van der Waals surface area contributed by atoms with Crippen LogP contribution in [0.5, 0.6) is 5.75 Å². The van der Waals surface area contributed by atoms with Crippen LogP contribution in [0.2, 0.25) is 0 Å². The summed E-state index contributed by atoms with van der Waals surface area (Å²) < 4.78 is 11.7. The molecule has 0 bridgehead atoms. The number of hydrogen-bond acceptors (Lipinski definition) is 4. The summed E-state index contributed by atoms with van der Waals surface area (Å²) in [5.74, 6) is -0.383. The Morgan fingerprint density at radius 1 is 1.00 bits per heavy atom. The van der Waals surface area contributed by atoms with E-state index in [9.17, 15) is 9.59 Å². The van der Waals surface area contributed by atoms with Crippen molar-refractivity contribution in [3.8, 4) is 17.1 Å². The number of rotatable bonds is 5. The van der Waals surface area contributed by atoms with Gasteiger partial charge in [0.15, 0.2) is 5.76 Å². The predicted molar refractivity (Wildman–Crippen MR) is 112 cm³/mol. The number of carbonyl (C=O) groups excluding carboxylic acids is 1. The smallest absolute Gasteiger partial charge is 0.314 e. The Labute approximate surface area is 165 Å². The van der Waals surface area contributed by atoms with Crippen LogP contribution in [-0.2, 0) is 4.79 Å². The molecule has 1 aromatic heterocycles. The zero-order valence-electron chi connectivity index (χ0n) is 17.1. The zero-order chi connectivity index (χ0) is 20.4. The van der Waals surface area contributed by atoms with Crippen LogP contribution in [-0.4, -0.2) is 5.97 Å². The lowest BCUT2D eigenvalue weighted by Gasteiger charge is -2.15. The molecule has 28 heavy (non-hydrogen) atoms. The quantitative estimate of drug-likeness (QED) is 0.532. The van der Waals surface area contributed by atoms with Gasteiger partial charge >= 0.3 is 5.97 Å². The summed E-state index contributed by atoms with van der Waals surface area (Å²) in [6.45, 7) is 9.77. The molecule has 146 valence electrons. The SMILES string of the molecule is CCC(CC)C(=O)Oc1c(-c2ccc(C)cc2)oc2cc(C)c(C)cc2c1=O. The number of benzene rings is 2. The van der Waals surface area contributed by atoms with Crippen molar-refractivity contribution in [1.82, 2.24) is 0 Å². The van der Waals surface area contributed by atoms with Crippen molar-refractivity contribution in [1.29, 1.82) is 0 Å². The summed E-state index contributed by atoms with van der Waals surface area (Å²) in [5.41, 5.74) is 3.99. The Morgan fingerprint density at radius 3 is 2.21 bits per heavy atom. The molecule has 0 atom stereocenters. The average Bonchev–Trinajstić information content (AvgIpc) is 2.67. The van der Waals surface area contributed by atoms with Gasteiger partial charge in [-0.25, -0.2) is 0 Å². The Hall–Kier alpha value is -2.88. The predicted octanol–water partition coefficient (Wildman–Crippen LogP) is 5.73. The van der Waals surface area contributed by atoms with Crippen LogP contribution in [0, 0.1) is 26.7 Å². The first-order chi connectivity index (χ1) is 13.3. The van der Waals surface area contributed by atoms with Gasteiger partial charge in [-0.1, -0.05) is 43.7 Å². The molecule has 1 heterocycles. The molecule has 3 rings (SSSR count). The molecule has 3 aromatic rings. The molecule has 0 saturated carbocycles. The van der Waals surface area contributed by atoms with Gasteiger partial charge in [0.25, 0.3) is 0 Å². The van der Waals surface area contributed by atoms with Crippen molar-refractivity contribution in [3.05, 3.63) is 63.3 Å². The lowest BCUT2D eigenvalue weighted by molar-refractivity contribution is -0.139. The van der Waals surface area contributed by atoms with Gasteiger partial charge in [0, 0.05) is 5.56 Å². The van der Waals surface area contributed by atoms with E-state index in [1.165, 1.54) is 0 Å². The third kappa shape index (κ3) is 3.72. The van der Waals surface area contributed by atoms with E-state index in [0.29, 0.717) is 35.1 Å². The molecular weight excluding hydrogens is 352 g/mol. The molecule has 4 heteroatoms. The molecule has 0 aliphatic rings. The summed E-state index contributed by atoms with van der Waals surface area (Å²) in [6, 6.07) is 11.3. The van der Waals surface area contributed by atoms with Gasteiger partial charge in [-0.2, -0.15) is 0 Å². The van der Waals surface area contributed by atoms with Crippen LogP contribution in [0.15, 0.2) is 45.6 Å². The molecule has 0 aliphatic heterocycles. The standard InChI is InChI=1S/C24H26O4/c1-6-17(7-2)24(26)28-23-21(25)19-12-15(4)16(5)13-20(19)27-22(23)18-10-8-14(3)9-11-18/h8-13,17H,6-7H2,1-5H3. The molecule has 4 nitrogen and oxygen atoms in total. The fourth-order valence-corrected chi connectivity index (χ4v) is 3.23. The van der Waals surface area contributed by atoms with E-state index in [4.69, 9.17) is 9.15 Å². The molecule has 0 spiro atoms. The highest BCUT2D eigenvalue weighted by molar-refractivity contribution is 5.85. The third-order valence-electron chi connectivity index (χ3n) is 5.30. The van der Waals surface area contributed by atoms with Crippen molar-refractivity contribution in [2.75, 3.05) is 0 Å². The Morgan fingerprint density at radius 2 is 1.61 bits per heavy atom. The van der Waals surface area contributed by atoms with Crippen LogP contribution in [0.25, 0.3) is 22.3 Å². The van der Waals surface area contributed by atoms with Crippen LogP contribution < -0.4 is 10.2 Å². The number of hydrogen-bond donors (Lipinski definition) is 0. The van der Waals surface area contributed by atoms with E-state index in [-0.39, 0.29) is 17.1 Å². The van der Waals surface area contributed by atoms with Gasteiger partial charge < -0.3 is 9.15 Å². The number of carbonyl (C=O) groups is 1. The van der Waals surface area contributed by atoms with E-state index in [0.717, 1.165) is 16.7 Å². The molecule has 0 fully saturated rings. The fourth-order valence-electron chi connectivity index (χ4n) is 3.23. The Kier molecular flexibility index (Phi) is 5.68.